The molecule has 0 saturated heterocycles. The lowest BCUT2D eigenvalue weighted by Crippen LogP contribution is -2.32. The Morgan fingerprint density at radius 2 is 1.86 bits per heavy atom. The summed E-state index contributed by atoms with van der Waals surface area (Å²) in [6, 6.07) is 5.98. The summed E-state index contributed by atoms with van der Waals surface area (Å²) in [5.41, 5.74) is 1.87. The number of anilines is 3. The molecule has 1 N–H and O–H groups in total. The Kier molecular flexibility index (Phi) is 6.26. The van der Waals surface area contributed by atoms with Gasteiger partial charge in [0.2, 0.25) is 11.6 Å². The van der Waals surface area contributed by atoms with Crippen molar-refractivity contribution in [3.8, 4) is 0 Å². The first kappa shape index (κ1) is 20.9. The van der Waals surface area contributed by atoms with E-state index < -0.39 is 4.92 Å². The number of aryl methyl sites for hydroxylation is 1. The first-order valence-corrected chi connectivity index (χ1v) is 10.4. The Hall–Kier alpha value is -2.81. The minimum Gasteiger partial charge on any atom is -0.350 e. The zero-order valence-corrected chi connectivity index (χ0v) is 18.2. The molecule has 3 rings (SSSR count). The molecule has 0 spiro atoms. The predicted octanol–water partition coefficient (Wildman–Crippen LogP) is 5.16. The van der Waals surface area contributed by atoms with Gasteiger partial charge in [-0.05, 0) is 36.5 Å². The maximum Gasteiger partial charge on any atom is 0.353 e. The highest BCUT2D eigenvalue weighted by atomic mass is 32.1. The summed E-state index contributed by atoms with van der Waals surface area (Å²) in [4.78, 5) is 26.5. The monoisotopic (exact) mass is 414 g/mol. The molecule has 154 valence electrons. The standard InChI is InChI=1S/C20H26N6O2S/c1-12(2)9-25(10-13(3)4)19-17(26(27)28)18(21-11-22-19)24-20-23-15-7-6-14(5)8-16(15)29-20/h6-8,11-13H,9-10H2,1-5H3,(H,21,22,23,24). The molecule has 2 heterocycles. The lowest BCUT2D eigenvalue weighted by molar-refractivity contribution is -0.383. The van der Waals surface area contributed by atoms with Crippen LogP contribution in [0.4, 0.5) is 22.5 Å². The summed E-state index contributed by atoms with van der Waals surface area (Å²) >= 11 is 1.44. The molecule has 8 nitrogen and oxygen atoms in total. The largest absolute Gasteiger partial charge is 0.353 e. The molecule has 29 heavy (non-hydrogen) atoms. The van der Waals surface area contributed by atoms with Gasteiger partial charge in [0.25, 0.3) is 0 Å². The van der Waals surface area contributed by atoms with Gasteiger partial charge in [-0.2, -0.15) is 0 Å². The number of fused-ring (bicyclic) bond motifs is 1. The van der Waals surface area contributed by atoms with E-state index in [1.54, 1.807) is 0 Å². The molecule has 0 unspecified atom stereocenters. The zero-order chi connectivity index (χ0) is 21.1. The van der Waals surface area contributed by atoms with Crippen LogP contribution in [0.1, 0.15) is 33.3 Å². The fraction of sp³-hybridized carbons (Fsp3) is 0.450. The third-order valence-corrected chi connectivity index (χ3v) is 5.16. The van der Waals surface area contributed by atoms with Gasteiger partial charge in [-0.1, -0.05) is 45.1 Å². The maximum absolute atomic E-state index is 12.0. The normalized spacial score (nSPS) is 11.4. The minimum atomic E-state index is -0.414. The van der Waals surface area contributed by atoms with Crippen molar-refractivity contribution in [3.05, 3.63) is 40.2 Å². The van der Waals surface area contributed by atoms with Crippen LogP contribution in [-0.4, -0.2) is 33.0 Å². The van der Waals surface area contributed by atoms with E-state index in [-0.39, 0.29) is 11.5 Å². The Morgan fingerprint density at radius 3 is 2.48 bits per heavy atom. The Balaban J connectivity index is 2.01. The molecule has 0 fully saturated rings. The molecule has 0 amide bonds. The Morgan fingerprint density at radius 1 is 1.17 bits per heavy atom. The van der Waals surface area contributed by atoms with Gasteiger partial charge in [-0.15, -0.1) is 0 Å². The summed E-state index contributed by atoms with van der Waals surface area (Å²) in [6.07, 6.45) is 1.37. The fourth-order valence-electron chi connectivity index (χ4n) is 3.18. The molecule has 3 aromatic rings. The second-order valence-electron chi connectivity index (χ2n) is 7.96. The predicted molar refractivity (Wildman–Crippen MR) is 118 cm³/mol. The molecule has 0 aliphatic rings. The molecule has 9 heteroatoms. The lowest BCUT2D eigenvalue weighted by atomic mass is 10.1. The topological polar surface area (TPSA) is 97.1 Å². The third kappa shape index (κ3) is 4.97. The van der Waals surface area contributed by atoms with E-state index in [4.69, 9.17) is 0 Å². The van der Waals surface area contributed by atoms with E-state index in [1.807, 2.05) is 30.0 Å². The molecule has 0 saturated carbocycles. The Bertz CT molecular complexity index is 1010. The van der Waals surface area contributed by atoms with E-state index in [1.165, 1.54) is 17.7 Å². The molecular formula is C20H26N6O2S. The number of rotatable bonds is 8. The second-order valence-corrected chi connectivity index (χ2v) is 8.99. The number of benzene rings is 1. The molecule has 1 aromatic carbocycles. The van der Waals surface area contributed by atoms with E-state index in [0.29, 0.717) is 35.9 Å². The molecule has 0 radical (unpaired) electrons. The molecule has 0 aliphatic carbocycles. The van der Waals surface area contributed by atoms with Gasteiger partial charge in [-0.25, -0.2) is 15.0 Å². The van der Waals surface area contributed by atoms with Crippen LogP contribution in [-0.2, 0) is 0 Å². The number of thiazole rings is 1. The quantitative estimate of drug-likeness (QED) is 0.401. The highest BCUT2D eigenvalue weighted by Gasteiger charge is 2.28. The Labute approximate surface area is 174 Å². The first-order valence-electron chi connectivity index (χ1n) is 9.63. The van der Waals surface area contributed by atoms with Gasteiger partial charge in [0.05, 0.1) is 15.1 Å². The van der Waals surface area contributed by atoms with Gasteiger partial charge < -0.3 is 10.2 Å². The van der Waals surface area contributed by atoms with Crippen LogP contribution in [0.2, 0.25) is 0 Å². The van der Waals surface area contributed by atoms with Gasteiger partial charge in [0.15, 0.2) is 5.13 Å². The number of nitrogens with zero attached hydrogens (tertiary/aromatic N) is 5. The van der Waals surface area contributed by atoms with Gasteiger partial charge >= 0.3 is 5.69 Å². The summed E-state index contributed by atoms with van der Waals surface area (Å²) < 4.78 is 1.02. The second kappa shape index (κ2) is 8.69. The third-order valence-electron chi connectivity index (χ3n) is 4.23. The van der Waals surface area contributed by atoms with Crippen molar-refractivity contribution in [3.63, 3.8) is 0 Å². The highest BCUT2D eigenvalue weighted by Crippen LogP contribution is 2.36. The summed E-state index contributed by atoms with van der Waals surface area (Å²) in [7, 11) is 0. The lowest BCUT2D eigenvalue weighted by Gasteiger charge is -2.27. The fourth-order valence-corrected chi connectivity index (χ4v) is 4.14. The van der Waals surface area contributed by atoms with E-state index in [0.717, 1.165) is 15.8 Å². The van der Waals surface area contributed by atoms with Crippen molar-refractivity contribution in [1.29, 1.82) is 0 Å². The molecule has 0 atom stereocenters. The van der Waals surface area contributed by atoms with Crippen molar-refractivity contribution in [1.82, 2.24) is 15.0 Å². The number of aromatic nitrogens is 3. The van der Waals surface area contributed by atoms with Gasteiger partial charge in [0, 0.05) is 13.1 Å². The zero-order valence-electron chi connectivity index (χ0n) is 17.3. The molecule has 2 aromatic heterocycles. The van der Waals surface area contributed by atoms with E-state index in [9.17, 15) is 10.1 Å². The number of hydrogen-bond donors (Lipinski definition) is 1. The van der Waals surface area contributed by atoms with Crippen molar-refractivity contribution in [2.75, 3.05) is 23.3 Å². The van der Waals surface area contributed by atoms with Gasteiger partial charge in [-0.3, -0.25) is 10.1 Å². The maximum atomic E-state index is 12.0. The van der Waals surface area contributed by atoms with E-state index in [2.05, 4.69) is 48.0 Å². The SMILES string of the molecule is Cc1ccc2nc(Nc3ncnc(N(CC(C)C)CC(C)C)c3[N+](=O)[O-])sc2c1. The number of nitro groups is 1. The summed E-state index contributed by atoms with van der Waals surface area (Å²) in [6.45, 7) is 11.7. The van der Waals surface area contributed by atoms with Gasteiger partial charge in [0.1, 0.15) is 6.33 Å². The van der Waals surface area contributed by atoms with Crippen LogP contribution in [0.3, 0.4) is 0 Å². The van der Waals surface area contributed by atoms with Crippen molar-refractivity contribution < 1.29 is 4.92 Å². The number of hydrogen-bond acceptors (Lipinski definition) is 8. The summed E-state index contributed by atoms with van der Waals surface area (Å²) in [5.74, 6) is 1.18. The average Bonchev–Trinajstić information content (AvgIpc) is 3.01. The average molecular weight is 415 g/mol. The molecular weight excluding hydrogens is 388 g/mol. The molecule has 0 bridgehead atoms. The summed E-state index contributed by atoms with van der Waals surface area (Å²) in [5, 5.41) is 15.6. The van der Waals surface area contributed by atoms with Crippen molar-refractivity contribution >= 4 is 44.0 Å². The van der Waals surface area contributed by atoms with Crippen LogP contribution >= 0.6 is 11.3 Å². The van der Waals surface area contributed by atoms with Crippen molar-refractivity contribution in [2.45, 2.75) is 34.6 Å². The van der Waals surface area contributed by atoms with Crippen LogP contribution in [0.5, 0.6) is 0 Å². The van der Waals surface area contributed by atoms with Crippen LogP contribution in [0, 0.1) is 28.9 Å². The highest BCUT2D eigenvalue weighted by molar-refractivity contribution is 7.22. The first-order chi connectivity index (χ1) is 13.7. The van der Waals surface area contributed by atoms with E-state index >= 15 is 0 Å². The number of nitrogens with one attached hydrogen (secondary N) is 1. The van der Waals surface area contributed by atoms with Crippen LogP contribution in [0.25, 0.3) is 10.2 Å². The molecule has 0 aliphatic heterocycles. The van der Waals surface area contributed by atoms with Crippen LogP contribution < -0.4 is 10.2 Å². The van der Waals surface area contributed by atoms with Crippen molar-refractivity contribution in [2.24, 2.45) is 11.8 Å². The van der Waals surface area contributed by atoms with Crippen LogP contribution in [0.15, 0.2) is 24.5 Å². The smallest absolute Gasteiger partial charge is 0.350 e. The minimum absolute atomic E-state index is 0.121.